The van der Waals surface area contributed by atoms with Crippen molar-refractivity contribution in [2.45, 2.75) is 11.3 Å². The molecule has 0 bridgehead atoms. The maximum atomic E-state index is 13.1. The summed E-state index contributed by atoms with van der Waals surface area (Å²) in [7, 11) is -0.0254. The minimum Gasteiger partial charge on any atom is -0.309 e. The zero-order valence-electron chi connectivity index (χ0n) is 16.2. The second-order valence-electron chi connectivity index (χ2n) is 6.88. The number of fused-ring (bicyclic) bond motifs is 1. The van der Waals surface area contributed by atoms with E-state index in [2.05, 4.69) is 4.98 Å². The highest BCUT2D eigenvalue weighted by molar-refractivity contribution is 7.92. The zero-order valence-corrected chi connectivity index (χ0v) is 17.8. The van der Waals surface area contributed by atoms with Crippen molar-refractivity contribution >= 4 is 42.4 Å². The molecule has 3 rings (SSSR count). The fourth-order valence-electron chi connectivity index (χ4n) is 2.81. The van der Waals surface area contributed by atoms with Crippen LogP contribution in [0, 0.1) is 5.82 Å². The Balaban J connectivity index is 1.86. The van der Waals surface area contributed by atoms with Crippen molar-refractivity contribution in [3.8, 4) is 0 Å². The summed E-state index contributed by atoms with van der Waals surface area (Å²) >= 11 is 1.35. The normalized spacial score (nSPS) is 11.9. The third-order valence-corrected chi connectivity index (χ3v) is 6.96. The standard InChI is InChI=1S/C20H22FN3O3S2/c1-23(2)12-5-13-24(20-22-17-6-3-4-7-18(17)28-20)19(25)14-29(26,27)16-10-8-15(21)9-11-16/h3-4,6-11H,5,12-14H2,1-2H3. The zero-order chi connectivity index (χ0) is 21.0. The lowest BCUT2D eigenvalue weighted by molar-refractivity contribution is -0.116. The number of halogens is 1. The molecular weight excluding hydrogens is 413 g/mol. The fraction of sp³-hybridized carbons (Fsp3) is 0.300. The van der Waals surface area contributed by atoms with Crippen molar-refractivity contribution in [2.24, 2.45) is 0 Å². The summed E-state index contributed by atoms with van der Waals surface area (Å²) in [4.78, 5) is 20.8. The third kappa shape index (κ3) is 5.37. The Morgan fingerprint density at radius 3 is 2.41 bits per heavy atom. The summed E-state index contributed by atoms with van der Waals surface area (Å²) in [6, 6.07) is 12.0. The first kappa shape index (κ1) is 21.4. The summed E-state index contributed by atoms with van der Waals surface area (Å²) in [5, 5.41) is 0.476. The fourth-order valence-corrected chi connectivity index (χ4v) is 5.02. The molecule has 9 heteroatoms. The van der Waals surface area contributed by atoms with Gasteiger partial charge in [0.05, 0.1) is 15.1 Å². The lowest BCUT2D eigenvalue weighted by atomic mass is 10.3. The molecule has 0 fully saturated rings. The first-order valence-electron chi connectivity index (χ1n) is 9.05. The molecule has 29 heavy (non-hydrogen) atoms. The van der Waals surface area contributed by atoms with Gasteiger partial charge in [0, 0.05) is 6.54 Å². The van der Waals surface area contributed by atoms with Crippen LogP contribution in [0.2, 0.25) is 0 Å². The molecule has 1 aromatic heterocycles. The first-order chi connectivity index (χ1) is 13.8. The van der Waals surface area contributed by atoms with Crippen LogP contribution >= 0.6 is 11.3 Å². The van der Waals surface area contributed by atoms with Gasteiger partial charge in [-0.3, -0.25) is 9.69 Å². The van der Waals surface area contributed by atoms with Crippen molar-refractivity contribution in [1.29, 1.82) is 0 Å². The van der Waals surface area contributed by atoms with Crippen LogP contribution < -0.4 is 4.90 Å². The average molecular weight is 436 g/mol. The molecule has 0 saturated carbocycles. The predicted molar refractivity (Wildman–Crippen MR) is 114 cm³/mol. The molecule has 1 heterocycles. The van der Waals surface area contributed by atoms with Gasteiger partial charge in [0.25, 0.3) is 0 Å². The van der Waals surface area contributed by atoms with E-state index < -0.39 is 27.3 Å². The second kappa shape index (κ2) is 8.98. The van der Waals surface area contributed by atoms with Gasteiger partial charge in [-0.05, 0) is 63.5 Å². The predicted octanol–water partition coefficient (Wildman–Crippen LogP) is 3.19. The smallest absolute Gasteiger partial charge is 0.244 e. The Morgan fingerprint density at radius 2 is 1.76 bits per heavy atom. The number of amides is 1. The highest BCUT2D eigenvalue weighted by Crippen LogP contribution is 2.29. The van der Waals surface area contributed by atoms with E-state index >= 15 is 0 Å². The Morgan fingerprint density at radius 1 is 1.07 bits per heavy atom. The highest BCUT2D eigenvalue weighted by Gasteiger charge is 2.26. The lowest BCUT2D eigenvalue weighted by Gasteiger charge is -2.21. The third-order valence-electron chi connectivity index (χ3n) is 4.29. The van der Waals surface area contributed by atoms with E-state index in [0.717, 1.165) is 28.9 Å². The number of carbonyl (C=O) groups excluding carboxylic acids is 1. The number of benzene rings is 2. The SMILES string of the molecule is CN(C)CCCN(C(=O)CS(=O)(=O)c1ccc(F)cc1)c1nc2ccccc2s1. The van der Waals surface area contributed by atoms with Crippen molar-refractivity contribution in [3.05, 3.63) is 54.3 Å². The van der Waals surface area contributed by atoms with E-state index in [9.17, 15) is 17.6 Å². The molecule has 0 N–H and O–H groups in total. The van der Waals surface area contributed by atoms with Gasteiger partial charge in [0.15, 0.2) is 15.0 Å². The van der Waals surface area contributed by atoms with Crippen LogP contribution in [0.25, 0.3) is 10.2 Å². The van der Waals surface area contributed by atoms with Crippen LogP contribution in [0.5, 0.6) is 0 Å². The van der Waals surface area contributed by atoms with Crippen LogP contribution in [0.15, 0.2) is 53.4 Å². The van der Waals surface area contributed by atoms with Gasteiger partial charge in [-0.1, -0.05) is 23.5 Å². The Hall–Kier alpha value is -2.36. The van der Waals surface area contributed by atoms with E-state index in [4.69, 9.17) is 0 Å². The highest BCUT2D eigenvalue weighted by atomic mass is 32.2. The molecule has 6 nitrogen and oxygen atoms in total. The quantitative estimate of drug-likeness (QED) is 0.508. The first-order valence-corrected chi connectivity index (χ1v) is 11.5. The summed E-state index contributed by atoms with van der Waals surface area (Å²) in [5.41, 5.74) is 0.763. The number of para-hydroxylation sites is 1. The molecule has 0 atom stereocenters. The number of sulfone groups is 1. The number of nitrogens with zero attached hydrogens (tertiary/aromatic N) is 3. The van der Waals surface area contributed by atoms with Crippen molar-refractivity contribution in [2.75, 3.05) is 37.8 Å². The van der Waals surface area contributed by atoms with Gasteiger partial charge in [-0.15, -0.1) is 0 Å². The maximum Gasteiger partial charge on any atom is 0.244 e. The van der Waals surface area contributed by atoms with E-state index in [-0.39, 0.29) is 4.90 Å². The molecule has 0 saturated heterocycles. The summed E-state index contributed by atoms with van der Waals surface area (Å²) in [6.45, 7) is 1.11. The minimum atomic E-state index is -3.89. The van der Waals surface area contributed by atoms with Crippen molar-refractivity contribution < 1.29 is 17.6 Å². The Bertz CT molecular complexity index is 1060. The molecule has 0 aliphatic heterocycles. The largest absolute Gasteiger partial charge is 0.309 e. The van der Waals surface area contributed by atoms with Gasteiger partial charge in [0.1, 0.15) is 11.6 Å². The van der Waals surface area contributed by atoms with Crippen LogP contribution in [-0.2, 0) is 14.6 Å². The topological polar surface area (TPSA) is 70.6 Å². The number of aromatic nitrogens is 1. The summed E-state index contributed by atoms with van der Waals surface area (Å²) in [5.74, 6) is -1.78. The Labute approximate surface area is 173 Å². The summed E-state index contributed by atoms with van der Waals surface area (Å²) < 4.78 is 39.3. The van der Waals surface area contributed by atoms with E-state index in [0.29, 0.717) is 18.1 Å². The summed E-state index contributed by atoms with van der Waals surface area (Å²) in [6.07, 6.45) is 0.672. The molecule has 154 valence electrons. The molecular formula is C20H22FN3O3S2. The number of rotatable bonds is 8. The van der Waals surface area contributed by atoms with Gasteiger partial charge in [0.2, 0.25) is 5.91 Å². The second-order valence-corrected chi connectivity index (χ2v) is 9.88. The average Bonchev–Trinajstić information content (AvgIpc) is 3.08. The van der Waals surface area contributed by atoms with Crippen LogP contribution in [0.3, 0.4) is 0 Å². The maximum absolute atomic E-state index is 13.1. The van der Waals surface area contributed by atoms with Gasteiger partial charge < -0.3 is 4.90 Å². The molecule has 0 spiro atoms. The molecule has 2 aromatic carbocycles. The number of thiazole rings is 1. The van der Waals surface area contributed by atoms with Crippen molar-refractivity contribution in [3.63, 3.8) is 0 Å². The van der Waals surface area contributed by atoms with Gasteiger partial charge in [-0.2, -0.15) is 0 Å². The van der Waals surface area contributed by atoms with E-state index in [1.54, 1.807) is 0 Å². The molecule has 0 unspecified atom stereocenters. The minimum absolute atomic E-state index is 0.0789. The van der Waals surface area contributed by atoms with Crippen LogP contribution in [0.4, 0.5) is 9.52 Å². The van der Waals surface area contributed by atoms with E-state index in [1.807, 2.05) is 43.3 Å². The number of hydrogen-bond donors (Lipinski definition) is 0. The van der Waals surface area contributed by atoms with E-state index in [1.165, 1.54) is 28.4 Å². The lowest BCUT2D eigenvalue weighted by Crippen LogP contribution is -2.37. The molecule has 0 aliphatic rings. The molecule has 0 radical (unpaired) electrons. The van der Waals surface area contributed by atoms with Gasteiger partial charge >= 0.3 is 0 Å². The van der Waals surface area contributed by atoms with Gasteiger partial charge in [-0.25, -0.2) is 17.8 Å². The number of carbonyl (C=O) groups is 1. The molecule has 1 amide bonds. The van der Waals surface area contributed by atoms with Crippen molar-refractivity contribution in [1.82, 2.24) is 9.88 Å². The van der Waals surface area contributed by atoms with Crippen LogP contribution in [-0.4, -0.2) is 57.1 Å². The number of anilines is 1. The molecule has 0 aliphatic carbocycles. The van der Waals surface area contributed by atoms with Crippen LogP contribution in [0.1, 0.15) is 6.42 Å². The Kier molecular flexibility index (Phi) is 6.61. The molecule has 3 aromatic rings. The number of hydrogen-bond acceptors (Lipinski definition) is 6. The monoisotopic (exact) mass is 435 g/mol.